The van der Waals surface area contributed by atoms with Gasteiger partial charge in [0, 0.05) is 29.2 Å². The number of anilines is 3. The molecule has 0 fully saturated rings. The Labute approximate surface area is 202 Å². The van der Waals surface area contributed by atoms with Crippen molar-refractivity contribution in [2.24, 2.45) is 0 Å². The summed E-state index contributed by atoms with van der Waals surface area (Å²) < 4.78 is 0. The summed E-state index contributed by atoms with van der Waals surface area (Å²) in [7, 11) is 0. The highest BCUT2D eigenvalue weighted by Gasteiger charge is 2.14. The van der Waals surface area contributed by atoms with E-state index >= 15 is 0 Å². The first-order valence-corrected chi connectivity index (χ1v) is 11.4. The van der Waals surface area contributed by atoms with Crippen molar-refractivity contribution in [3.05, 3.63) is 131 Å². The molecule has 4 rings (SSSR count). The van der Waals surface area contributed by atoms with Crippen LogP contribution in [0.15, 0.2) is 116 Å². The quantitative estimate of drug-likeness (QED) is 0.160. The Balaban J connectivity index is 0.000000588. The maximum absolute atomic E-state index is 11.0. The Kier molecular flexibility index (Phi) is 8.75. The number of benzene rings is 4. The lowest BCUT2D eigenvalue weighted by atomic mass is 10.0. The van der Waals surface area contributed by atoms with E-state index in [1.54, 1.807) is 12.1 Å². The summed E-state index contributed by atoms with van der Waals surface area (Å²) >= 11 is 0. The number of hydrogen-bond donors (Lipinski definition) is 0. The van der Waals surface area contributed by atoms with E-state index in [0.29, 0.717) is 0 Å². The first kappa shape index (κ1) is 24.5. The van der Waals surface area contributed by atoms with Crippen LogP contribution in [0.4, 0.5) is 22.7 Å². The molecule has 0 bridgehead atoms. The third kappa shape index (κ3) is 6.42. The molecule has 4 nitrogen and oxygen atoms in total. The van der Waals surface area contributed by atoms with Crippen molar-refractivity contribution in [1.29, 1.82) is 0 Å². The molecule has 0 spiro atoms. The highest BCUT2D eigenvalue weighted by molar-refractivity contribution is 5.78. The predicted molar refractivity (Wildman–Crippen MR) is 143 cm³/mol. The topological polar surface area (TPSA) is 46.4 Å². The van der Waals surface area contributed by atoms with Crippen LogP contribution >= 0.6 is 0 Å². The predicted octanol–water partition coefficient (Wildman–Crippen LogP) is 9.01. The van der Waals surface area contributed by atoms with Gasteiger partial charge in [0.05, 0.1) is 4.92 Å². The lowest BCUT2D eigenvalue weighted by Crippen LogP contribution is -2.09. The Morgan fingerprint density at radius 1 is 0.765 bits per heavy atom. The fourth-order valence-corrected chi connectivity index (χ4v) is 3.50. The maximum atomic E-state index is 11.0. The first-order valence-electron chi connectivity index (χ1n) is 11.4. The molecule has 4 aromatic carbocycles. The summed E-state index contributed by atoms with van der Waals surface area (Å²) in [5, 5.41) is 11.0. The fourth-order valence-electron chi connectivity index (χ4n) is 3.50. The molecule has 0 N–H and O–H groups in total. The van der Waals surface area contributed by atoms with Crippen LogP contribution in [0, 0.1) is 17.0 Å². The van der Waals surface area contributed by atoms with Crippen LogP contribution in [-0.4, -0.2) is 4.92 Å². The summed E-state index contributed by atoms with van der Waals surface area (Å²) in [6.07, 6.45) is 4.31. The molecular weight excluding hydrogens is 420 g/mol. The standard InChI is InChI=1S/C25H20N2O2.C5H10/c1-19-7-11-22(12-8-19)26(24-15-17-25(18-16-24)27(28)29)23-13-9-21(10-14-23)20-5-3-2-4-6-20;1-3-5-4-2/h2-18H,1H3;3H,1,4-5H2,2H3. The van der Waals surface area contributed by atoms with Crippen LogP contribution in [0.2, 0.25) is 0 Å². The van der Waals surface area contributed by atoms with Crippen molar-refractivity contribution in [2.45, 2.75) is 26.7 Å². The molecule has 0 aromatic heterocycles. The summed E-state index contributed by atoms with van der Waals surface area (Å²) in [5.41, 5.74) is 6.42. The average Bonchev–Trinajstić information content (AvgIpc) is 2.87. The molecule has 0 atom stereocenters. The molecule has 0 saturated carbocycles. The second kappa shape index (κ2) is 12.2. The van der Waals surface area contributed by atoms with Crippen molar-refractivity contribution >= 4 is 22.7 Å². The van der Waals surface area contributed by atoms with E-state index < -0.39 is 0 Å². The second-order valence-corrected chi connectivity index (χ2v) is 7.93. The van der Waals surface area contributed by atoms with Crippen molar-refractivity contribution in [3.8, 4) is 11.1 Å². The minimum absolute atomic E-state index is 0.0806. The molecule has 0 saturated heterocycles. The molecule has 4 heteroatoms. The normalized spacial score (nSPS) is 10.1. The molecule has 0 heterocycles. The molecule has 34 heavy (non-hydrogen) atoms. The van der Waals surface area contributed by atoms with Crippen molar-refractivity contribution in [2.75, 3.05) is 4.90 Å². The molecule has 0 radical (unpaired) electrons. The van der Waals surface area contributed by atoms with Crippen LogP contribution < -0.4 is 4.90 Å². The smallest absolute Gasteiger partial charge is 0.269 e. The van der Waals surface area contributed by atoms with Gasteiger partial charge in [-0.3, -0.25) is 10.1 Å². The lowest BCUT2D eigenvalue weighted by Gasteiger charge is -2.25. The SMILES string of the molecule is C=CCCC.Cc1ccc(N(c2ccc(-c3ccccc3)cc2)c2ccc([N+](=O)[O-])cc2)cc1. The van der Waals surface area contributed by atoms with Gasteiger partial charge in [0.2, 0.25) is 0 Å². The van der Waals surface area contributed by atoms with Gasteiger partial charge in [-0.2, -0.15) is 0 Å². The van der Waals surface area contributed by atoms with Crippen LogP contribution in [0.5, 0.6) is 0 Å². The Hall–Kier alpha value is -4.18. The van der Waals surface area contributed by atoms with Crippen LogP contribution in [0.3, 0.4) is 0 Å². The maximum Gasteiger partial charge on any atom is 0.269 e. The van der Waals surface area contributed by atoms with Crippen LogP contribution in [-0.2, 0) is 0 Å². The van der Waals surface area contributed by atoms with E-state index in [-0.39, 0.29) is 10.6 Å². The van der Waals surface area contributed by atoms with Crippen molar-refractivity contribution < 1.29 is 4.92 Å². The van der Waals surface area contributed by atoms with Gasteiger partial charge in [-0.05, 0) is 60.9 Å². The largest absolute Gasteiger partial charge is 0.310 e. The van der Waals surface area contributed by atoms with E-state index in [9.17, 15) is 10.1 Å². The summed E-state index contributed by atoms with van der Waals surface area (Å²) in [4.78, 5) is 12.7. The number of aryl methyl sites for hydroxylation is 1. The number of allylic oxidation sites excluding steroid dienone is 1. The minimum Gasteiger partial charge on any atom is -0.310 e. The minimum atomic E-state index is -0.380. The molecule has 4 aromatic rings. The monoisotopic (exact) mass is 450 g/mol. The Bertz CT molecular complexity index is 1180. The van der Waals surface area contributed by atoms with Crippen LogP contribution in [0.1, 0.15) is 25.3 Å². The van der Waals surface area contributed by atoms with E-state index in [1.807, 2.05) is 24.3 Å². The number of hydrogen-bond acceptors (Lipinski definition) is 3. The highest BCUT2D eigenvalue weighted by Crippen LogP contribution is 2.36. The number of non-ortho nitro benzene ring substituents is 1. The summed E-state index contributed by atoms with van der Waals surface area (Å²) in [6, 6.07) is 33.4. The van der Waals surface area contributed by atoms with Crippen molar-refractivity contribution in [3.63, 3.8) is 0 Å². The molecule has 172 valence electrons. The second-order valence-electron chi connectivity index (χ2n) is 7.93. The molecular formula is C30H30N2O2. The fraction of sp³-hybridized carbons (Fsp3) is 0.133. The third-order valence-corrected chi connectivity index (χ3v) is 5.34. The van der Waals surface area contributed by atoms with Crippen molar-refractivity contribution in [1.82, 2.24) is 0 Å². The summed E-state index contributed by atoms with van der Waals surface area (Å²) in [6.45, 7) is 7.74. The lowest BCUT2D eigenvalue weighted by molar-refractivity contribution is -0.384. The van der Waals surface area contributed by atoms with E-state index in [2.05, 4.69) is 86.0 Å². The van der Waals surface area contributed by atoms with Crippen LogP contribution in [0.25, 0.3) is 11.1 Å². The van der Waals surface area contributed by atoms with Gasteiger partial charge < -0.3 is 4.90 Å². The van der Waals surface area contributed by atoms with Gasteiger partial charge in [0.1, 0.15) is 0 Å². The number of unbranched alkanes of at least 4 members (excludes halogenated alkanes) is 1. The van der Waals surface area contributed by atoms with Gasteiger partial charge >= 0.3 is 0 Å². The number of nitro groups is 1. The van der Waals surface area contributed by atoms with E-state index in [4.69, 9.17) is 0 Å². The average molecular weight is 451 g/mol. The number of nitro benzene ring substituents is 1. The molecule has 0 unspecified atom stereocenters. The van der Waals surface area contributed by atoms with E-state index in [0.717, 1.165) is 34.6 Å². The zero-order valence-electron chi connectivity index (χ0n) is 19.7. The first-order chi connectivity index (χ1) is 16.5. The van der Waals surface area contributed by atoms with Gasteiger partial charge in [-0.15, -0.1) is 6.58 Å². The Morgan fingerprint density at radius 2 is 1.24 bits per heavy atom. The molecule has 0 aliphatic carbocycles. The summed E-state index contributed by atoms with van der Waals surface area (Å²) in [5.74, 6) is 0. The van der Waals surface area contributed by atoms with Gasteiger partial charge in [0.15, 0.2) is 0 Å². The molecule has 0 aliphatic rings. The zero-order chi connectivity index (χ0) is 24.3. The zero-order valence-corrected chi connectivity index (χ0v) is 19.7. The van der Waals surface area contributed by atoms with Gasteiger partial charge in [-0.1, -0.05) is 79.6 Å². The third-order valence-electron chi connectivity index (χ3n) is 5.34. The van der Waals surface area contributed by atoms with Gasteiger partial charge in [-0.25, -0.2) is 0 Å². The highest BCUT2D eigenvalue weighted by atomic mass is 16.6. The van der Waals surface area contributed by atoms with E-state index in [1.165, 1.54) is 24.1 Å². The molecule has 0 aliphatic heterocycles. The molecule has 0 amide bonds. The number of nitrogens with zero attached hydrogens (tertiary/aromatic N) is 2. The van der Waals surface area contributed by atoms with Gasteiger partial charge in [0.25, 0.3) is 5.69 Å². The Morgan fingerprint density at radius 3 is 1.68 bits per heavy atom. The number of rotatable bonds is 7.